The van der Waals surface area contributed by atoms with Crippen LogP contribution >= 0.6 is 15.9 Å². The third-order valence-electron chi connectivity index (χ3n) is 2.91. The van der Waals surface area contributed by atoms with Gasteiger partial charge in [-0.25, -0.2) is 0 Å². The molecule has 0 spiro atoms. The van der Waals surface area contributed by atoms with Crippen molar-refractivity contribution >= 4 is 15.9 Å². The minimum atomic E-state index is 0.0305. The molecule has 0 aliphatic rings. The second-order valence-corrected chi connectivity index (χ2v) is 5.08. The highest BCUT2D eigenvalue weighted by atomic mass is 79.9. The highest BCUT2D eigenvalue weighted by molar-refractivity contribution is 9.10. The van der Waals surface area contributed by atoms with Crippen LogP contribution in [-0.2, 0) is 6.54 Å². The first-order valence-corrected chi connectivity index (χ1v) is 6.40. The first-order valence-electron chi connectivity index (χ1n) is 5.61. The summed E-state index contributed by atoms with van der Waals surface area (Å²) in [5.74, 6) is 0. The second kappa shape index (κ2) is 5.02. The lowest BCUT2D eigenvalue weighted by atomic mass is 10.1. The Morgan fingerprint density at radius 1 is 1.41 bits per heavy atom. The Morgan fingerprint density at radius 2 is 2.12 bits per heavy atom. The molecule has 1 aromatic carbocycles. The highest BCUT2D eigenvalue weighted by Gasteiger charge is 2.10. The molecule has 1 aromatic heterocycles. The van der Waals surface area contributed by atoms with Crippen LogP contribution in [0.4, 0.5) is 0 Å². The molecule has 1 heterocycles. The lowest BCUT2D eigenvalue weighted by molar-refractivity contribution is 0.659. The summed E-state index contributed by atoms with van der Waals surface area (Å²) >= 11 is 3.55. The molecule has 2 aromatic rings. The van der Waals surface area contributed by atoms with Crippen molar-refractivity contribution in [3.05, 3.63) is 51.8 Å². The van der Waals surface area contributed by atoms with Crippen LogP contribution in [0.2, 0.25) is 0 Å². The summed E-state index contributed by atoms with van der Waals surface area (Å²) in [5.41, 5.74) is 9.35. The van der Waals surface area contributed by atoms with Gasteiger partial charge in [0.05, 0.1) is 12.7 Å². The van der Waals surface area contributed by atoms with E-state index < -0.39 is 0 Å². The topological polar surface area (TPSA) is 43.8 Å². The van der Waals surface area contributed by atoms with Crippen LogP contribution in [0.15, 0.2) is 34.9 Å². The van der Waals surface area contributed by atoms with E-state index in [4.69, 9.17) is 5.73 Å². The fourth-order valence-corrected chi connectivity index (χ4v) is 2.27. The summed E-state index contributed by atoms with van der Waals surface area (Å²) in [6.45, 7) is 4.80. The Labute approximate surface area is 110 Å². The number of hydrogen-bond acceptors (Lipinski definition) is 2. The molecule has 1 atom stereocenters. The zero-order chi connectivity index (χ0) is 12.4. The van der Waals surface area contributed by atoms with Crippen LogP contribution < -0.4 is 5.73 Å². The van der Waals surface area contributed by atoms with Crippen LogP contribution in [-0.4, -0.2) is 9.78 Å². The van der Waals surface area contributed by atoms with E-state index in [0.717, 1.165) is 22.3 Å². The molecular weight excluding hydrogens is 278 g/mol. The number of nitrogens with two attached hydrogens (primary N) is 1. The van der Waals surface area contributed by atoms with E-state index in [0.29, 0.717) is 0 Å². The largest absolute Gasteiger partial charge is 0.324 e. The second-order valence-electron chi connectivity index (χ2n) is 4.22. The van der Waals surface area contributed by atoms with E-state index >= 15 is 0 Å². The first-order chi connectivity index (χ1) is 8.09. The Kier molecular flexibility index (Phi) is 3.64. The molecule has 0 saturated carbocycles. The fourth-order valence-electron chi connectivity index (χ4n) is 1.86. The highest BCUT2D eigenvalue weighted by Crippen LogP contribution is 2.20. The Balaban J connectivity index is 2.28. The van der Waals surface area contributed by atoms with Crippen molar-refractivity contribution in [3.63, 3.8) is 0 Å². The van der Waals surface area contributed by atoms with Gasteiger partial charge in [-0.15, -0.1) is 0 Å². The molecule has 2 rings (SSSR count). The van der Waals surface area contributed by atoms with E-state index in [-0.39, 0.29) is 6.04 Å². The van der Waals surface area contributed by atoms with Gasteiger partial charge in [0.15, 0.2) is 0 Å². The Morgan fingerprint density at radius 3 is 2.71 bits per heavy atom. The lowest BCUT2D eigenvalue weighted by Crippen LogP contribution is -2.08. The van der Waals surface area contributed by atoms with Gasteiger partial charge < -0.3 is 5.73 Å². The first kappa shape index (κ1) is 12.3. The van der Waals surface area contributed by atoms with E-state index in [9.17, 15) is 0 Å². The molecule has 0 aliphatic heterocycles. The van der Waals surface area contributed by atoms with Crippen molar-refractivity contribution in [2.45, 2.75) is 26.4 Å². The van der Waals surface area contributed by atoms with E-state index in [1.165, 1.54) is 5.56 Å². The van der Waals surface area contributed by atoms with Crippen molar-refractivity contribution in [2.75, 3.05) is 0 Å². The maximum atomic E-state index is 5.89. The number of benzene rings is 1. The van der Waals surface area contributed by atoms with Gasteiger partial charge in [0, 0.05) is 21.8 Å². The Hall–Kier alpha value is -1.13. The molecule has 2 N–H and O–H groups in total. The zero-order valence-corrected chi connectivity index (χ0v) is 11.6. The maximum absolute atomic E-state index is 5.89. The lowest BCUT2D eigenvalue weighted by Gasteiger charge is -2.08. The molecule has 4 heteroatoms. The number of nitrogens with zero attached hydrogens (tertiary/aromatic N) is 2. The van der Waals surface area contributed by atoms with Crippen molar-refractivity contribution in [2.24, 2.45) is 5.73 Å². The van der Waals surface area contributed by atoms with Crippen LogP contribution in [0.5, 0.6) is 0 Å². The van der Waals surface area contributed by atoms with Gasteiger partial charge in [-0.05, 0) is 25.5 Å². The predicted molar refractivity (Wildman–Crippen MR) is 72.8 cm³/mol. The average molecular weight is 294 g/mol. The summed E-state index contributed by atoms with van der Waals surface area (Å²) in [6.07, 6.45) is 1.86. The van der Waals surface area contributed by atoms with Crippen LogP contribution in [0.1, 0.15) is 29.8 Å². The van der Waals surface area contributed by atoms with Crippen molar-refractivity contribution in [1.82, 2.24) is 9.78 Å². The van der Waals surface area contributed by atoms with Gasteiger partial charge in [-0.3, -0.25) is 4.68 Å². The molecule has 0 bridgehead atoms. The van der Waals surface area contributed by atoms with Gasteiger partial charge in [0.1, 0.15) is 0 Å². The number of hydrogen-bond donors (Lipinski definition) is 1. The fraction of sp³-hybridized carbons (Fsp3) is 0.308. The molecule has 0 radical (unpaired) electrons. The molecule has 0 aliphatic carbocycles. The standard InChI is InChI=1S/C13H16BrN3/c1-9(15)12-7-16-17(10(12)2)8-11-5-3-4-6-13(11)14/h3-7,9H,8,15H2,1-2H3. The molecule has 3 nitrogen and oxygen atoms in total. The summed E-state index contributed by atoms with van der Waals surface area (Å²) in [7, 11) is 0. The SMILES string of the molecule is Cc1c(C(C)N)cnn1Cc1ccccc1Br. The molecule has 0 fully saturated rings. The van der Waals surface area contributed by atoms with E-state index in [1.807, 2.05) is 36.0 Å². The molecular formula is C13H16BrN3. The monoisotopic (exact) mass is 293 g/mol. The average Bonchev–Trinajstić information content (AvgIpc) is 2.64. The van der Waals surface area contributed by atoms with E-state index in [2.05, 4.69) is 34.0 Å². The maximum Gasteiger partial charge on any atom is 0.0673 e. The smallest absolute Gasteiger partial charge is 0.0673 e. The van der Waals surface area contributed by atoms with Gasteiger partial charge >= 0.3 is 0 Å². The molecule has 90 valence electrons. The predicted octanol–water partition coefficient (Wildman–Crippen LogP) is 3.02. The van der Waals surface area contributed by atoms with Gasteiger partial charge in [0.25, 0.3) is 0 Å². The summed E-state index contributed by atoms with van der Waals surface area (Å²) in [6, 6.07) is 8.21. The van der Waals surface area contributed by atoms with Crippen LogP contribution in [0.3, 0.4) is 0 Å². The normalized spacial score (nSPS) is 12.7. The molecule has 17 heavy (non-hydrogen) atoms. The number of aromatic nitrogens is 2. The van der Waals surface area contributed by atoms with Crippen LogP contribution in [0, 0.1) is 6.92 Å². The Bertz CT molecular complexity index is 517. The van der Waals surface area contributed by atoms with Gasteiger partial charge in [-0.1, -0.05) is 34.1 Å². The van der Waals surface area contributed by atoms with Crippen molar-refractivity contribution in [1.29, 1.82) is 0 Å². The molecule has 0 saturated heterocycles. The summed E-state index contributed by atoms with van der Waals surface area (Å²) < 4.78 is 3.09. The van der Waals surface area contributed by atoms with E-state index in [1.54, 1.807) is 0 Å². The van der Waals surface area contributed by atoms with Gasteiger partial charge in [-0.2, -0.15) is 5.10 Å². The minimum absolute atomic E-state index is 0.0305. The number of rotatable bonds is 3. The molecule has 0 amide bonds. The van der Waals surface area contributed by atoms with Crippen LogP contribution in [0.25, 0.3) is 0 Å². The quantitative estimate of drug-likeness (QED) is 0.945. The number of halogens is 1. The third-order valence-corrected chi connectivity index (χ3v) is 3.68. The zero-order valence-electron chi connectivity index (χ0n) is 10.0. The molecule has 1 unspecified atom stereocenters. The van der Waals surface area contributed by atoms with Gasteiger partial charge in [0.2, 0.25) is 0 Å². The van der Waals surface area contributed by atoms with Crippen molar-refractivity contribution in [3.8, 4) is 0 Å². The summed E-state index contributed by atoms with van der Waals surface area (Å²) in [4.78, 5) is 0. The third kappa shape index (κ3) is 2.58. The minimum Gasteiger partial charge on any atom is -0.324 e. The van der Waals surface area contributed by atoms with Crippen molar-refractivity contribution < 1.29 is 0 Å². The summed E-state index contributed by atoms with van der Waals surface area (Å²) in [5, 5.41) is 4.39.